The number of fused-ring (bicyclic) bond motifs is 1. The lowest BCUT2D eigenvalue weighted by Gasteiger charge is -2.18. The first kappa shape index (κ1) is 15.3. The van der Waals surface area contributed by atoms with Crippen molar-refractivity contribution in [3.8, 4) is 0 Å². The fraction of sp³-hybridized carbons (Fsp3) is 0.333. The predicted molar refractivity (Wildman–Crippen MR) is 92.6 cm³/mol. The molecular weight excluding hydrogens is 290 g/mol. The van der Waals surface area contributed by atoms with Gasteiger partial charge in [-0.2, -0.15) is 0 Å². The summed E-state index contributed by atoms with van der Waals surface area (Å²) >= 11 is 0. The summed E-state index contributed by atoms with van der Waals surface area (Å²) in [6.45, 7) is 2.54. The molecule has 5 nitrogen and oxygen atoms in total. The van der Waals surface area contributed by atoms with Gasteiger partial charge in [-0.05, 0) is 50.1 Å². The highest BCUT2D eigenvalue weighted by Crippen LogP contribution is 2.23. The van der Waals surface area contributed by atoms with Crippen LogP contribution in [0.3, 0.4) is 0 Å². The summed E-state index contributed by atoms with van der Waals surface area (Å²) in [5.74, 6) is 1.56. The Labute approximate surface area is 136 Å². The van der Waals surface area contributed by atoms with Crippen molar-refractivity contribution in [3.05, 3.63) is 41.7 Å². The largest absolute Gasteiger partial charge is 0.498 e. The Balaban J connectivity index is 1.83. The molecule has 3 rings (SSSR count). The van der Waals surface area contributed by atoms with Crippen molar-refractivity contribution in [1.82, 2.24) is 4.98 Å². The van der Waals surface area contributed by atoms with E-state index >= 15 is 0 Å². The average molecular weight is 311 g/mol. The SMILES string of the molecule is CC1=C(C(=O)Nc2ccc3nc(N(C)C)ccc3c2)CCCO1. The second kappa shape index (κ2) is 6.28. The molecule has 0 spiro atoms. The van der Waals surface area contributed by atoms with Gasteiger partial charge in [-0.25, -0.2) is 4.98 Å². The molecule has 0 atom stereocenters. The molecule has 1 amide bonds. The minimum Gasteiger partial charge on any atom is -0.498 e. The first-order valence-corrected chi connectivity index (χ1v) is 7.76. The summed E-state index contributed by atoms with van der Waals surface area (Å²) < 4.78 is 5.46. The number of benzene rings is 1. The summed E-state index contributed by atoms with van der Waals surface area (Å²) in [7, 11) is 3.93. The van der Waals surface area contributed by atoms with Crippen molar-refractivity contribution in [1.29, 1.82) is 0 Å². The Kier molecular flexibility index (Phi) is 4.19. The molecule has 1 aromatic carbocycles. The molecule has 0 saturated heterocycles. The summed E-state index contributed by atoms with van der Waals surface area (Å²) in [6.07, 6.45) is 1.65. The number of hydrogen-bond acceptors (Lipinski definition) is 4. The van der Waals surface area contributed by atoms with Gasteiger partial charge in [0.1, 0.15) is 11.6 Å². The van der Waals surface area contributed by atoms with Crippen LogP contribution in [0.1, 0.15) is 19.8 Å². The lowest BCUT2D eigenvalue weighted by Crippen LogP contribution is -2.19. The highest BCUT2D eigenvalue weighted by atomic mass is 16.5. The fourth-order valence-corrected chi connectivity index (χ4v) is 2.66. The quantitative estimate of drug-likeness (QED) is 0.944. The van der Waals surface area contributed by atoms with Gasteiger partial charge in [0.15, 0.2) is 0 Å². The molecule has 1 aliphatic heterocycles. The van der Waals surface area contributed by atoms with E-state index in [2.05, 4.69) is 10.3 Å². The molecule has 1 N–H and O–H groups in total. The van der Waals surface area contributed by atoms with E-state index in [1.165, 1.54) is 0 Å². The van der Waals surface area contributed by atoms with Gasteiger partial charge < -0.3 is 15.0 Å². The van der Waals surface area contributed by atoms with E-state index in [1.54, 1.807) is 0 Å². The van der Waals surface area contributed by atoms with Crippen LogP contribution in [0.2, 0.25) is 0 Å². The zero-order chi connectivity index (χ0) is 16.4. The Morgan fingerprint density at radius 3 is 2.83 bits per heavy atom. The average Bonchev–Trinajstić information content (AvgIpc) is 2.54. The number of nitrogens with zero attached hydrogens (tertiary/aromatic N) is 2. The molecule has 2 heterocycles. The van der Waals surface area contributed by atoms with Crippen LogP contribution < -0.4 is 10.2 Å². The van der Waals surface area contributed by atoms with Crippen LogP contribution in [0.5, 0.6) is 0 Å². The van der Waals surface area contributed by atoms with Crippen LogP contribution in [-0.2, 0) is 9.53 Å². The third-order valence-corrected chi connectivity index (χ3v) is 3.98. The van der Waals surface area contributed by atoms with Gasteiger partial charge in [0, 0.05) is 25.2 Å². The number of carbonyl (C=O) groups excluding carboxylic acids is 1. The highest BCUT2D eigenvalue weighted by Gasteiger charge is 2.18. The van der Waals surface area contributed by atoms with Gasteiger partial charge in [-0.3, -0.25) is 4.79 Å². The van der Waals surface area contributed by atoms with Crippen LogP contribution in [0.15, 0.2) is 41.7 Å². The topological polar surface area (TPSA) is 54.5 Å². The van der Waals surface area contributed by atoms with Gasteiger partial charge in [-0.15, -0.1) is 0 Å². The zero-order valence-electron chi connectivity index (χ0n) is 13.7. The molecule has 23 heavy (non-hydrogen) atoms. The number of amides is 1. The Morgan fingerprint density at radius 1 is 1.26 bits per heavy atom. The van der Waals surface area contributed by atoms with E-state index in [4.69, 9.17) is 4.74 Å². The van der Waals surface area contributed by atoms with Crippen molar-refractivity contribution in [2.45, 2.75) is 19.8 Å². The minimum absolute atomic E-state index is 0.0839. The predicted octanol–water partition coefficient (Wildman–Crippen LogP) is 3.32. The molecule has 0 saturated carbocycles. The molecule has 0 bridgehead atoms. The summed E-state index contributed by atoms with van der Waals surface area (Å²) in [5.41, 5.74) is 2.41. The van der Waals surface area contributed by atoms with Gasteiger partial charge in [0.2, 0.25) is 0 Å². The Hall–Kier alpha value is -2.56. The number of hydrogen-bond donors (Lipinski definition) is 1. The number of ether oxygens (including phenoxy) is 1. The molecule has 1 aliphatic rings. The zero-order valence-corrected chi connectivity index (χ0v) is 13.7. The summed E-state index contributed by atoms with van der Waals surface area (Å²) in [4.78, 5) is 18.9. The first-order chi connectivity index (χ1) is 11.0. The number of allylic oxidation sites excluding steroid dienone is 1. The molecular formula is C18H21N3O2. The van der Waals surface area contributed by atoms with E-state index in [-0.39, 0.29) is 5.91 Å². The van der Waals surface area contributed by atoms with Crippen LogP contribution in [0, 0.1) is 0 Å². The molecule has 0 unspecified atom stereocenters. The second-order valence-electron chi connectivity index (χ2n) is 5.91. The van der Waals surface area contributed by atoms with Crippen LogP contribution in [0.25, 0.3) is 10.9 Å². The molecule has 1 aromatic heterocycles. The highest BCUT2D eigenvalue weighted by molar-refractivity contribution is 6.05. The fourth-order valence-electron chi connectivity index (χ4n) is 2.66. The molecule has 0 radical (unpaired) electrons. The Morgan fingerprint density at radius 2 is 2.09 bits per heavy atom. The first-order valence-electron chi connectivity index (χ1n) is 7.76. The number of rotatable bonds is 3. The molecule has 0 fully saturated rings. The second-order valence-corrected chi connectivity index (χ2v) is 5.91. The van der Waals surface area contributed by atoms with Gasteiger partial charge in [0.25, 0.3) is 5.91 Å². The Bertz CT molecular complexity index is 781. The van der Waals surface area contributed by atoms with E-state index in [0.717, 1.165) is 46.6 Å². The van der Waals surface area contributed by atoms with Crippen molar-refractivity contribution >= 4 is 28.3 Å². The smallest absolute Gasteiger partial charge is 0.254 e. The van der Waals surface area contributed by atoms with Crippen LogP contribution in [-0.4, -0.2) is 31.6 Å². The number of aromatic nitrogens is 1. The molecule has 120 valence electrons. The maximum Gasteiger partial charge on any atom is 0.254 e. The van der Waals surface area contributed by atoms with E-state index in [9.17, 15) is 4.79 Å². The lowest BCUT2D eigenvalue weighted by atomic mass is 10.1. The van der Waals surface area contributed by atoms with Crippen LogP contribution in [0.4, 0.5) is 11.5 Å². The van der Waals surface area contributed by atoms with Crippen molar-refractivity contribution in [3.63, 3.8) is 0 Å². The normalized spacial score (nSPS) is 14.6. The maximum atomic E-state index is 12.4. The maximum absolute atomic E-state index is 12.4. The van der Waals surface area contributed by atoms with Crippen LogP contribution >= 0.6 is 0 Å². The van der Waals surface area contributed by atoms with E-state index in [1.807, 2.05) is 56.3 Å². The monoisotopic (exact) mass is 311 g/mol. The summed E-state index contributed by atoms with van der Waals surface area (Å²) in [6, 6.07) is 9.74. The molecule has 2 aromatic rings. The third kappa shape index (κ3) is 3.28. The van der Waals surface area contributed by atoms with E-state index < -0.39 is 0 Å². The van der Waals surface area contributed by atoms with E-state index in [0.29, 0.717) is 6.61 Å². The standard InChI is InChI=1S/C18H21N3O2/c1-12-15(5-4-10-23-12)18(22)19-14-7-8-16-13(11-14)6-9-17(20-16)21(2)3/h6-9,11H,4-5,10H2,1-3H3,(H,19,22). The number of nitrogens with one attached hydrogen (secondary N) is 1. The van der Waals surface area contributed by atoms with Crippen molar-refractivity contribution < 1.29 is 9.53 Å². The van der Waals surface area contributed by atoms with Gasteiger partial charge in [-0.1, -0.05) is 0 Å². The number of carbonyl (C=O) groups is 1. The van der Waals surface area contributed by atoms with Gasteiger partial charge in [0.05, 0.1) is 17.7 Å². The minimum atomic E-state index is -0.0839. The summed E-state index contributed by atoms with van der Waals surface area (Å²) in [5, 5.41) is 3.96. The number of pyridine rings is 1. The van der Waals surface area contributed by atoms with Crippen molar-refractivity contribution in [2.24, 2.45) is 0 Å². The molecule has 5 heteroatoms. The van der Waals surface area contributed by atoms with Crippen molar-refractivity contribution in [2.75, 3.05) is 30.9 Å². The van der Waals surface area contributed by atoms with Gasteiger partial charge >= 0.3 is 0 Å². The lowest BCUT2D eigenvalue weighted by molar-refractivity contribution is -0.113. The number of anilines is 2. The molecule has 0 aliphatic carbocycles. The third-order valence-electron chi connectivity index (χ3n) is 3.98.